The maximum atomic E-state index is 12.3. The zero-order valence-corrected chi connectivity index (χ0v) is 15.7. The van der Waals surface area contributed by atoms with Gasteiger partial charge < -0.3 is 20.9 Å². The first kappa shape index (κ1) is 18.5. The van der Waals surface area contributed by atoms with Crippen LogP contribution in [0.4, 0.5) is 5.82 Å². The molecule has 0 spiro atoms. The Kier molecular flexibility index (Phi) is 5.38. The highest BCUT2D eigenvalue weighted by Gasteiger charge is 2.23. The fourth-order valence-electron chi connectivity index (χ4n) is 2.96. The molecule has 1 saturated heterocycles. The van der Waals surface area contributed by atoms with Gasteiger partial charge in [-0.15, -0.1) is 0 Å². The van der Waals surface area contributed by atoms with Gasteiger partial charge in [0.2, 0.25) is 5.91 Å². The third-order valence-corrected chi connectivity index (χ3v) is 5.00. The lowest BCUT2D eigenvalue weighted by Crippen LogP contribution is -2.45. The van der Waals surface area contributed by atoms with E-state index in [9.17, 15) is 9.59 Å². The highest BCUT2D eigenvalue weighted by Crippen LogP contribution is 2.22. The Labute approximate surface area is 160 Å². The zero-order chi connectivity index (χ0) is 18.8. The Bertz CT molecular complexity index is 824. The number of hydrogen-bond donors (Lipinski definition) is 3. The Morgan fingerprint density at radius 3 is 2.54 bits per heavy atom. The summed E-state index contributed by atoms with van der Waals surface area (Å²) in [4.78, 5) is 32.9. The topological polar surface area (TPSA) is 104 Å². The quantitative estimate of drug-likeness (QED) is 0.691. The van der Waals surface area contributed by atoms with Crippen molar-refractivity contribution in [3.05, 3.63) is 45.3 Å². The Morgan fingerprint density at radius 1 is 1.27 bits per heavy atom. The van der Waals surface area contributed by atoms with Gasteiger partial charge >= 0.3 is 0 Å². The monoisotopic (exact) mass is 395 g/mol. The first-order valence-corrected chi connectivity index (χ1v) is 8.97. The number of H-pyrrole nitrogens is 1. The number of nitrogens with two attached hydrogens (primary N) is 1. The van der Waals surface area contributed by atoms with Crippen LogP contribution in [0.5, 0.6) is 0 Å². The van der Waals surface area contributed by atoms with Gasteiger partial charge in [0.05, 0.1) is 5.02 Å². The van der Waals surface area contributed by atoms with Gasteiger partial charge in [-0.25, -0.2) is 4.98 Å². The molecule has 0 aromatic carbocycles. The summed E-state index contributed by atoms with van der Waals surface area (Å²) in [7, 11) is 0. The molecule has 0 unspecified atom stereocenters. The molecule has 7 nitrogen and oxygen atoms in total. The summed E-state index contributed by atoms with van der Waals surface area (Å²) in [6, 6.07) is 4.76. The number of piperidine rings is 1. The molecule has 1 fully saturated rings. The van der Waals surface area contributed by atoms with Gasteiger partial charge in [0.25, 0.3) is 5.91 Å². The number of carbonyl (C=O) groups is 2. The van der Waals surface area contributed by atoms with Crippen molar-refractivity contribution < 1.29 is 9.59 Å². The summed E-state index contributed by atoms with van der Waals surface area (Å²) in [5.41, 5.74) is 6.87. The highest BCUT2D eigenvalue weighted by molar-refractivity contribution is 6.31. The number of aromatic amines is 1. The summed E-state index contributed by atoms with van der Waals surface area (Å²) >= 11 is 12.0. The van der Waals surface area contributed by atoms with Crippen molar-refractivity contribution in [1.29, 1.82) is 0 Å². The second-order valence-electron chi connectivity index (χ2n) is 6.29. The molecule has 138 valence electrons. The number of primary amides is 1. The van der Waals surface area contributed by atoms with Crippen LogP contribution < -0.4 is 16.0 Å². The molecule has 2 amide bonds. The number of halogens is 2. The number of carbonyl (C=O) groups excluding carboxylic acids is 2. The van der Waals surface area contributed by atoms with Crippen LogP contribution in [0.2, 0.25) is 10.2 Å². The maximum Gasteiger partial charge on any atom is 0.267 e. The molecular weight excluding hydrogens is 377 g/mol. The van der Waals surface area contributed by atoms with E-state index < -0.39 is 5.91 Å². The summed E-state index contributed by atoms with van der Waals surface area (Å²) in [6.07, 6.45) is 1.50. The SMILES string of the molecule is Cc1[nH]c(C(=O)NC2CCN(c3cc(C(N)=O)cc(Cl)n3)CC2)cc1Cl. The lowest BCUT2D eigenvalue weighted by atomic mass is 10.0. The smallest absolute Gasteiger partial charge is 0.267 e. The van der Waals surface area contributed by atoms with Crippen LogP contribution in [0.1, 0.15) is 39.4 Å². The van der Waals surface area contributed by atoms with Crippen LogP contribution in [0.3, 0.4) is 0 Å². The highest BCUT2D eigenvalue weighted by atomic mass is 35.5. The van der Waals surface area contributed by atoms with Crippen molar-refractivity contribution in [2.45, 2.75) is 25.8 Å². The molecule has 9 heteroatoms. The minimum absolute atomic E-state index is 0.0518. The van der Waals surface area contributed by atoms with E-state index in [1.165, 1.54) is 6.07 Å². The lowest BCUT2D eigenvalue weighted by molar-refractivity contribution is 0.0925. The molecule has 0 aliphatic carbocycles. The Morgan fingerprint density at radius 2 is 1.96 bits per heavy atom. The summed E-state index contributed by atoms with van der Waals surface area (Å²) in [6.45, 7) is 3.18. The second kappa shape index (κ2) is 7.55. The number of anilines is 1. The molecule has 0 atom stereocenters. The number of amides is 2. The first-order valence-electron chi connectivity index (χ1n) is 8.22. The summed E-state index contributed by atoms with van der Waals surface area (Å²) < 4.78 is 0. The van der Waals surface area contributed by atoms with Crippen molar-refractivity contribution in [2.24, 2.45) is 5.73 Å². The lowest BCUT2D eigenvalue weighted by Gasteiger charge is -2.33. The standard InChI is InChI=1S/C17H19Cl2N5O2/c1-9-12(18)8-13(21-9)17(26)22-11-2-4-24(5-3-11)15-7-10(16(20)25)6-14(19)23-15/h6-8,11,21H,2-5H2,1H3,(H2,20,25)(H,22,26). The summed E-state index contributed by atoms with van der Waals surface area (Å²) in [5.74, 6) is -0.101. The van der Waals surface area contributed by atoms with Crippen LogP contribution in [-0.4, -0.2) is 40.9 Å². The first-order chi connectivity index (χ1) is 12.3. The normalized spacial score (nSPS) is 15.1. The van der Waals surface area contributed by atoms with Gasteiger partial charge in [-0.3, -0.25) is 9.59 Å². The van der Waals surface area contributed by atoms with E-state index in [1.54, 1.807) is 12.1 Å². The molecule has 0 bridgehead atoms. The van der Waals surface area contributed by atoms with Crippen LogP contribution in [-0.2, 0) is 0 Å². The van der Waals surface area contributed by atoms with Crippen LogP contribution in [0.25, 0.3) is 0 Å². The van der Waals surface area contributed by atoms with Gasteiger partial charge in [0.1, 0.15) is 16.7 Å². The van der Waals surface area contributed by atoms with E-state index in [1.807, 2.05) is 11.8 Å². The average molecular weight is 396 g/mol. The molecule has 26 heavy (non-hydrogen) atoms. The van der Waals surface area contributed by atoms with E-state index in [2.05, 4.69) is 15.3 Å². The fraction of sp³-hybridized carbons (Fsp3) is 0.353. The van der Waals surface area contributed by atoms with E-state index in [4.69, 9.17) is 28.9 Å². The summed E-state index contributed by atoms with van der Waals surface area (Å²) in [5, 5.41) is 3.78. The maximum absolute atomic E-state index is 12.3. The fourth-order valence-corrected chi connectivity index (χ4v) is 3.32. The molecule has 0 saturated carbocycles. The molecule has 1 aliphatic heterocycles. The predicted molar refractivity (Wildman–Crippen MR) is 101 cm³/mol. The van der Waals surface area contributed by atoms with E-state index >= 15 is 0 Å². The van der Waals surface area contributed by atoms with E-state index in [0.29, 0.717) is 35.2 Å². The number of nitrogens with zero attached hydrogens (tertiary/aromatic N) is 2. The number of pyridine rings is 1. The number of hydrogen-bond acceptors (Lipinski definition) is 4. The molecule has 0 radical (unpaired) electrons. The predicted octanol–water partition coefficient (Wildman–Crippen LogP) is 2.52. The van der Waals surface area contributed by atoms with E-state index in [0.717, 1.165) is 18.5 Å². The molecule has 2 aromatic heterocycles. The van der Waals surface area contributed by atoms with Crippen molar-refractivity contribution in [2.75, 3.05) is 18.0 Å². The van der Waals surface area contributed by atoms with Crippen LogP contribution in [0, 0.1) is 6.92 Å². The average Bonchev–Trinajstić information content (AvgIpc) is 2.94. The zero-order valence-electron chi connectivity index (χ0n) is 14.2. The van der Waals surface area contributed by atoms with Gasteiger partial charge in [-0.1, -0.05) is 23.2 Å². The second-order valence-corrected chi connectivity index (χ2v) is 7.09. The number of rotatable bonds is 4. The van der Waals surface area contributed by atoms with Crippen molar-refractivity contribution in [3.63, 3.8) is 0 Å². The van der Waals surface area contributed by atoms with Crippen LogP contribution in [0.15, 0.2) is 18.2 Å². The molecule has 1 aliphatic rings. The van der Waals surface area contributed by atoms with Gasteiger partial charge in [-0.2, -0.15) is 0 Å². The third-order valence-electron chi connectivity index (χ3n) is 4.42. The van der Waals surface area contributed by atoms with Crippen molar-refractivity contribution in [3.8, 4) is 0 Å². The largest absolute Gasteiger partial charge is 0.366 e. The minimum Gasteiger partial charge on any atom is -0.366 e. The molecule has 4 N–H and O–H groups in total. The van der Waals surface area contributed by atoms with Gasteiger partial charge in [0.15, 0.2) is 0 Å². The van der Waals surface area contributed by atoms with Gasteiger partial charge in [-0.05, 0) is 38.0 Å². The molecule has 3 heterocycles. The Hall–Kier alpha value is -2.25. The number of aromatic nitrogens is 2. The van der Waals surface area contributed by atoms with Crippen molar-refractivity contribution >= 4 is 40.8 Å². The molecule has 3 rings (SSSR count). The molecular formula is C17H19Cl2N5O2. The molecule has 2 aromatic rings. The van der Waals surface area contributed by atoms with Crippen molar-refractivity contribution in [1.82, 2.24) is 15.3 Å². The number of nitrogens with one attached hydrogen (secondary N) is 2. The van der Waals surface area contributed by atoms with Crippen LogP contribution >= 0.6 is 23.2 Å². The number of aryl methyl sites for hydroxylation is 1. The Balaban J connectivity index is 1.61. The minimum atomic E-state index is -0.544. The van der Waals surface area contributed by atoms with Gasteiger partial charge in [0, 0.05) is 30.4 Å². The third kappa shape index (κ3) is 4.11. The van der Waals surface area contributed by atoms with E-state index in [-0.39, 0.29) is 17.1 Å².